The van der Waals surface area contributed by atoms with Crippen LogP contribution < -0.4 is 0 Å². The second-order valence-corrected chi connectivity index (χ2v) is 5.78. The van der Waals surface area contributed by atoms with E-state index in [0.29, 0.717) is 0 Å². The number of Topliss-reactive ketones (excluding diaryl/α,β-unsaturated/α-hetero) is 2. The third kappa shape index (κ3) is 3.69. The van der Waals surface area contributed by atoms with E-state index < -0.39 is 0 Å². The van der Waals surface area contributed by atoms with E-state index >= 15 is 0 Å². The van der Waals surface area contributed by atoms with Gasteiger partial charge in [-0.1, -0.05) is 57.0 Å². The van der Waals surface area contributed by atoms with Crippen LogP contribution in [0.1, 0.15) is 51.5 Å². The molecule has 0 bridgehead atoms. The quantitative estimate of drug-likeness (QED) is 0.730. The molecule has 1 aromatic rings. The summed E-state index contributed by atoms with van der Waals surface area (Å²) in [4.78, 5) is 24.5. The fraction of sp³-hybridized carbons (Fsp3) is 0.474. The maximum atomic E-state index is 12.3. The summed E-state index contributed by atoms with van der Waals surface area (Å²) in [7, 11) is 0. The molecule has 0 fully saturated rings. The van der Waals surface area contributed by atoms with Crippen molar-refractivity contribution in [3.05, 3.63) is 47.0 Å². The zero-order valence-corrected chi connectivity index (χ0v) is 13.0. The Morgan fingerprint density at radius 1 is 1.10 bits per heavy atom. The molecule has 112 valence electrons. The molecule has 0 spiro atoms. The van der Waals surface area contributed by atoms with E-state index in [2.05, 4.69) is 19.1 Å². The Morgan fingerprint density at radius 3 is 2.43 bits per heavy atom. The van der Waals surface area contributed by atoms with E-state index in [4.69, 9.17) is 0 Å². The smallest absolute Gasteiger partial charge is 0.166 e. The molecule has 0 aromatic heterocycles. The molecule has 1 atom stereocenters. The lowest BCUT2D eigenvalue weighted by Gasteiger charge is -2.27. The highest BCUT2D eigenvalue weighted by Gasteiger charge is 2.33. The second-order valence-electron chi connectivity index (χ2n) is 5.78. The van der Waals surface area contributed by atoms with Crippen LogP contribution in [0.4, 0.5) is 0 Å². The summed E-state index contributed by atoms with van der Waals surface area (Å²) in [5, 5.41) is 0. The van der Waals surface area contributed by atoms with E-state index in [0.717, 1.165) is 43.3 Å². The average molecular weight is 284 g/mol. The molecule has 0 N–H and O–H groups in total. The zero-order chi connectivity index (χ0) is 15.2. The molecule has 0 amide bonds. The Kier molecular flexibility index (Phi) is 5.49. The molecular weight excluding hydrogens is 260 g/mol. The number of benzene rings is 1. The van der Waals surface area contributed by atoms with Crippen LogP contribution in [0.5, 0.6) is 0 Å². The summed E-state index contributed by atoms with van der Waals surface area (Å²) >= 11 is 0. The summed E-state index contributed by atoms with van der Waals surface area (Å²) < 4.78 is 0. The van der Waals surface area contributed by atoms with Gasteiger partial charge in [0.15, 0.2) is 5.78 Å². The predicted molar refractivity (Wildman–Crippen MR) is 85.1 cm³/mol. The number of hydrogen-bond donors (Lipinski definition) is 0. The van der Waals surface area contributed by atoms with Gasteiger partial charge >= 0.3 is 0 Å². The van der Waals surface area contributed by atoms with Crippen LogP contribution >= 0.6 is 0 Å². The topological polar surface area (TPSA) is 34.1 Å². The first kappa shape index (κ1) is 15.7. The van der Waals surface area contributed by atoms with Gasteiger partial charge in [0, 0.05) is 5.92 Å². The Balaban J connectivity index is 2.35. The summed E-state index contributed by atoms with van der Waals surface area (Å²) in [5.74, 6) is 0.121. The normalized spacial score (nSPS) is 19.2. The van der Waals surface area contributed by atoms with Crippen molar-refractivity contribution < 1.29 is 9.59 Å². The van der Waals surface area contributed by atoms with Crippen LogP contribution in [0, 0.1) is 5.92 Å². The molecule has 0 saturated carbocycles. The minimum Gasteiger partial charge on any atom is -0.299 e. The van der Waals surface area contributed by atoms with Crippen LogP contribution in [0.2, 0.25) is 0 Å². The molecule has 0 aliphatic heterocycles. The lowest BCUT2D eigenvalue weighted by Crippen LogP contribution is -2.29. The molecule has 1 aliphatic rings. The number of hydrogen-bond acceptors (Lipinski definition) is 2. The van der Waals surface area contributed by atoms with E-state index in [1.165, 1.54) is 5.56 Å². The van der Waals surface area contributed by atoms with Crippen molar-refractivity contribution >= 4 is 11.6 Å². The van der Waals surface area contributed by atoms with Gasteiger partial charge in [-0.25, -0.2) is 0 Å². The van der Waals surface area contributed by atoms with Crippen LogP contribution in [-0.4, -0.2) is 11.6 Å². The maximum Gasteiger partial charge on any atom is 0.166 e. The molecular formula is C19H24O2. The number of allylic oxidation sites excluding steroid dienone is 2. The highest BCUT2D eigenvalue weighted by Crippen LogP contribution is 2.33. The summed E-state index contributed by atoms with van der Waals surface area (Å²) in [6, 6.07) is 10.1. The third-order valence-corrected chi connectivity index (χ3v) is 4.31. The highest BCUT2D eigenvalue weighted by atomic mass is 16.1. The van der Waals surface area contributed by atoms with E-state index in [1.807, 2.05) is 25.1 Å². The van der Waals surface area contributed by atoms with Gasteiger partial charge in [-0.2, -0.15) is 0 Å². The Labute approximate surface area is 127 Å². The fourth-order valence-corrected chi connectivity index (χ4v) is 3.19. The second kappa shape index (κ2) is 7.35. The third-order valence-electron chi connectivity index (χ3n) is 4.31. The molecule has 1 aliphatic carbocycles. The SMILES string of the molecule is CCCCC1C(=O)CC(=O)C(CC)=C1Cc1ccccc1. The molecule has 0 heterocycles. The molecule has 2 heteroatoms. The molecule has 21 heavy (non-hydrogen) atoms. The van der Waals surface area contributed by atoms with Crippen LogP contribution in [0.15, 0.2) is 41.5 Å². The van der Waals surface area contributed by atoms with Crippen molar-refractivity contribution in [2.75, 3.05) is 0 Å². The minimum absolute atomic E-state index is 0.0428. The lowest BCUT2D eigenvalue weighted by molar-refractivity contribution is -0.128. The monoisotopic (exact) mass is 284 g/mol. The molecule has 2 rings (SSSR count). The molecule has 0 saturated heterocycles. The number of unbranched alkanes of at least 4 members (excludes halogenated alkanes) is 1. The Morgan fingerprint density at radius 2 is 1.81 bits per heavy atom. The summed E-state index contributed by atoms with van der Waals surface area (Å²) in [6.45, 7) is 4.16. The molecule has 1 unspecified atom stereocenters. The van der Waals surface area contributed by atoms with Gasteiger partial charge in [-0.3, -0.25) is 9.59 Å². The zero-order valence-electron chi connectivity index (χ0n) is 13.0. The first-order valence-corrected chi connectivity index (χ1v) is 7.99. The van der Waals surface area contributed by atoms with Crippen molar-refractivity contribution in [3.63, 3.8) is 0 Å². The van der Waals surface area contributed by atoms with Gasteiger partial charge in [0.2, 0.25) is 0 Å². The van der Waals surface area contributed by atoms with Gasteiger partial charge in [0.25, 0.3) is 0 Å². The number of carbonyl (C=O) groups is 2. The largest absolute Gasteiger partial charge is 0.299 e. The van der Waals surface area contributed by atoms with Crippen molar-refractivity contribution in [3.8, 4) is 0 Å². The van der Waals surface area contributed by atoms with Gasteiger partial charge in [-0.15, -0.1) is 0 Å². The average Bonchev–Trinajstić information content (AvgIpc) is 2.48. The van der Waals surface area contributed by atoms with Crippen molar-refractivity contribution in [1.82, 2.24) is 0 Å². The number of ketones is 2. The van der Waals surface area contributed by atoms with Crippen LogP contribution in [0.3, 0.4) is 0 Å². The first-order valence-electron chi connectivity index (χ1n) is 7.99. The number of rotatable bonds is 6. The van der Waals surface area contributed by atoms with Crippen molar-refractivity contribution in [1.29, 1.82) is 0 Å². The van der Waals surface area contributed by atoms with Crippen LogP contribution in [-0.2, 0) is 16.0 Å². The highest BCUT2D eigenvalue weighted by molar-refractivity contribution is 6.12. The fourth-order valence-electron chi connectivity index (χ4n) is 3.19. The van der Waals surface area contributed by atoms with Crippen molar-refractivity contribution in [2.45, 2.75) is 52.4 Å². The van der Waals surface area contributed by atoms with Crippen LogP contribution in [0.25, 0.3) is 0 Å². The van der Waals surface area contributed by atoms with Gasteiger partial charge in [0.1, 0.15) is 5.78 Å². The Bertz CT molecular complexity index is 540. The molecule has 0 radical (unpaired) electrons. The van der Waals surface area contributed by atoms with Gasteiger partial charge in [0.05, 0.1) is 6.42 Å². The lowest BCUT2D eigenvalue weighted by atomic mass is 9.75. The minimum atomic E-state index is -0.0437. The van der Waals surface area contributed by atoms with E-state index in [1.54, 1.807) is 0 Å². The van der Waals surface area contributed by atoms with Crippen molar-refractivity contribution in [2.24, 2.45) is 5.92 Å². The van der Waals surface area contributed by atoms with E-state index in [-0.39, 0.29) is 23.9 Å². The first-order chi connectivity index (χ1) is 10.2. The van der Waals surface area contributed by atoms with E-state index in [9.17, 15) is 9.59 Å². The Hall–Kier alpha value is -1.70. The summed E-state index contributed by atoms with van der Waals surface area (Å²) in [6.07, 6.45) is 4.58. The number of carbonyl (C=O) groups excluding carboxylic acids is 2. The summed E-state index contributed by atoms with van der Waals surface area (Å²) in [5.41, 5.74) is 3.17. The van der Waals surface area contributed by atoms with Gasteiger partial charge < -0.3 is 0 Å². The standard InChI is InChI=1S/C19H24O2/c1-3-5-11-16-17(12-14-9-7-6-8-10-14)15(4-2)18(20)13-19(16)21/h6-10,16H,3-5,11-13H2,1-2H3. The van der Waals surface area contributed by atoms with Gasteiger partial charge in [-0.05, 0) is 36.0 Å². The molecule has 1 aromatic carbocycles. The molecule has 2 nitrogen and oxygen atoms in total. The maximum absolute atomic E-state index is 12.3. The predicted octanol–water partition coefficient (Wildman–Crippen LogP) is 4.28.